The minimum atomic E-state index is -3.09. The van der Waals surface area contributed by atoms with Crippen LogP contribution in [0, 0.1) is 5.92 Å². The van der Waals surface area contributed by atoms with Crippen molar-refractivity contribution >= 4 is 9.84 Å². The number of rotatable bonds is 5. The van der Waals surface area contributed by atoms with Gasteiger partial charge in [-0.2, -0.15) is 0 Å². The Hall–Kier alpha value is -0.130. The molecule has 0 amide bonds. The van der Waals surface area contributed by atoms with Crippen LogP contribution in [0.3, 0.4) is 0 Å². The first-order chi connectivity index (χ1) is 7.49. The molecule has 0 radical (unpaired) electrons. The highest BCUT2D eigenvalue weighted by atomic mass is 32.2. The summed E-state index contributed by atoms with van der Waals surface area (Å²) in [4.78, 5) is 0. The van der Waals surface area contributed by atoms with E-state index < -0.39 is 16.1 Å². The smallest absolute Gasteiger partial charge is 0.170 e. The Morgan fingerprint density at radius 1 is 1.25 bits per heavy atom. The molecule has 1 rings (SSSR count). The summed E-state index contributed by atoms with van der Waals surface area (Å²) in [5.41, 5.74) is 0. The fraction of sp³-hybridized carbons (Fsp3) is 1.00. The predicted molar refractivity (Wildman–Crippen MR) is 63.0 cm³/mol. The van der Waals surface area contributed by atoms with Crippen LogP contribution in [-0.4, -0.2) is 39.9 Å². The molecule has 1 fully saturated rings. The van der Waals surface area contributed by atoms with Gasteiger partial charge in [-0.25, -0.2) is 8.42 Å². The van der Waals surface area contributed by atoms with Gasteiger partial charge in [0.25, 0.3) is 0 Å². The molecule has 0 aromatic rings. The van der Waals surface area contributed by atoms with Gasteiger partial charge in [-0.1, -0.05) is 19.8 Å². The lowest BCUT2D eigenvalue weighted by molar-refractivity contribution is -0.0853. The van der Waals surface area contributed by atoms with E-state index in [-0.39, 0.29) is 11.0 Å². The van der Waals surface area contributed by atoms with Crippen molar-refractivity contribution in [1.29, 1.82) is 0 Å². The van der Waals surface area contributed by atoms with E-state index in [1.165, 1.54) is 14.2 Å². The average molecular weight is 250 g/mol. The van der Waals surface area contributed by atoms with Gasteiger partial charge in [0.15, 0.2) is 16.1 Å². The molecule has 0 aromatic heterocycles. The summed E-state index contributed by atoms with van der Waals surface area (Å²) in [7, 11) is -0.159. The third-order valence-electron chi connectivity index (χ3n) is 3.29. The fourth-order valence-electron chi connectivity index (χ4n) is 2.26. The number of sulfone groups is 1. The maximum absolute atomic E-state index is 12.1. The molecule has 0 bridgehead atoms. The van der Waals surface area contributed by atoms with Crippen molar-refractivity contribution in [3.05, 3.63) is 0 Å². The topological polar surface area (TPSA) is 52.6 Å². The molecule has 0 aromatic carbocycles. The van der Waals surface area contributed by atoms with Crippen LogP contribution in [-0.2, 0) is 19.3 Å². The lowest BCUT2D eigenvalue weighted by atomic mass is 9.91. The molecule has 0 saturated heterocycles. The zero-order valence-electron chi connectivity index (χ0n) is 10.3. The molecule has 0 aliphatic heterocycles. The summed E-state index contributed by atoms with van der Waals surface area (Å²) < 4.78 is 34.1. The van der Waals surface area contributed by atoms with Crippen LogP contribution in [0.2, 0.25) is 0 Å². The van der Waals surface area contributed by atoms with E-state index in [4.69, 9.17) is 9.47 Å². The van der Waals surface area contributed by atoms with Crippen molar-refractivity contribution < 1.29 is 17.9 Å². The Labute approximate surface area is 98.2 Å². The molecule has 0 heterocycles. The lowest BCUT2D eigenvalue weighted by Gasteiger charge is -2.27. The number of ether oxygens (including phenoxy) is 2. The van der Waals surface area contributed by atoms with Crippen molar-refractivity contribution in [2.24, 2.45) is 5.92 Å². The molecular weight excluding hydrogens is 228 g/mol. The van der Waals surface area contributed by atoms with E-state index in [2.05, 4.69) is 6.92 Å². The van der Waals surface area contributed by atoms with Gasteiger partial charge in [-0.3, -0.25) is 0 Å². The first kappa shape index (κ1) is 13.9. The molecule has 0 N–H and O–H groups in total. The van der Waals surface area contributed by atoms with Crippen molar-refractivity contribution in [3.63, 3.8) is 0 Å². The lowest BCUT2D eigenvalue weighted by Crippen LogP contribution is -2.34. The Kier molecular flexibility index (Phi) is 5.21. The molecule has 5 heteroatoms. The van der Waals surface area contributed by atoms with E-state index >= 15 is 0 Å². The van der Waals surface area contributed by atoms with Gasteiger partial charge in [0.05, 0.1) is 5.25 Å². The van der Waals surface area contributed by atoms with Crippen LogP contribution < -0.4 is 0 Å². The van der Waals surface area contributed by atoms with E-state index in [9.17, 15) is 8.42 Å². The van der Waals surface area contributed by atoms with Gasteiger partial charge in [-0.05, 0) is 18.8 Å². The molecule has 1 aliphatic carbocycles. The van der Waals surface area contributed by atoms with Crippen LogP contribution in [0.4, 0.5) is 0 Å². The second-order valence-corrected chi connectivity index (χ2v) is 6.95. The Bertz CT molecular complexity index is 295. The van der Waals surface area contributed by atoms with Crippen LogP contribution in [0.1, 0.15) is 32.6 Å². The third-order valence-corrected chi connectivity index (χ3v) is 5.47. The molecule has 96 valence electrons. The fourth-order valence-corrected chi connectivity index (χ4v) is 4.33. The molecule has 4 nitrogen and oxygen atoms in total. The SMILES string of the molecule is COC(CS(=O)(=O)C1CCCC(C)C1)OC. The van der Waals surface area contributed by atoms with Gasteiger partial charge >= 0.3 is 0 Å². The summed E-state index contributed by atoms with van der Waals surface area (Å²) in [6, 6.07) is 0. The molecule has 1 aliphatic rings. The van der Waals surface area contributed by atoms with Gasteiger partial charge in [0, 0.05) is 14.2 Å². The summed E-state index contributed by atoms with van der Waals surface area (Å²) >= 11 is 0. The molecule has 2 atom stereocenters. The van der Waals surface area contributed by atoms with Gasteiger partial charge < -0.3 is 9.47 Å². The quantitative estimate of drug-likeness (QED) is 0.695. The summed E-state index contributed by atoms with van der Waals surface area (Å²) in [6.45, 7) is 2.12. The minimum absolute atomic E-state index is 0.0304. The first-order valence-corrected chi connectivity index (χ1v) is 7.48. The molecule has 1 saturated carbocycles. The van der Waals surface area contributed by atoms with Gasteiger partial charge in [-0.15, -0.1) is 0 Å². The van der Waals surface area contributed by atoms with Crippen molar-refractivity contribution in [2.45, 2.75) is 44.1 Å². The number of methoxy groups -OCH3 is 2. The van der Waals surface area contributed by atoms with E-state index in [0.717, 1.165) is 25.7 Å². The first-order valence-electron chi connectivity index (χ1n) is 5.76. The maximum atomic E-state index is 12.1. The standard InChI is InChI=1S/C11H22O4S/c1-9-5-4-6-10(7-9)16(12,13)8-11(14-2)15-3/h9-11H,4-8H2,1-3H3. The Balaban J connectivity index is 2.62. The highest BCUT2D eigenvalue weighted by molar-refractivity contribution is 7.92. The van der Waals surface area contributed by atoms with Gasteiger partial charge in [0.2, 0.25) is 0 Å². The predicted octanol–water partition coefficient (Wildman–Crippen LogP) is 1.60. The van der Waals surface area contributed by atoms with Crippen LogP contribution >= 0.6 is 0 Å². The molecule has 2 unspecified atom stereocenters. The van der Waals surface area contributed by atoms with Crippen LogP contribution in [0.15, 0.2) is 0 Å². The minimum Gasteiger partial charge on any atom is -0.355 e. The summed E-state index contributed by atoms with van der Waals surface area (Å²) in [5, 5.41) is -0.205. The third kappa shape index (κ3) is 3.71. The maximum Gasteiger partial charge on any atom is 0.170 e. The zero-order chi connectivity index (χ0) is 12.2. The highest BCUT2D eigenvalue weighted by Gasteiger charge is 2.32. The van der Waals surface area contributed by atoms with Crippen molar-refractivity contribution in [3.8, 4) is 0 Å². The molecule has 16 heavy (non-hydrogen) atoms. The second kappa shape index (κ2) is 5.98. The monoisotopic (exact) mass is 250 g/mol. The Morgan fingerprint density at radius 3 is 2.38 bits per heavy atom. The molecule has 0 spiro atoms. The summed E-state index contributed by atoms with van der Waals surface area (Å²) in [6.07, 6.45) is 3.08. The second-order valence-electron chi connectivity index (χ2n) is 4.62. The normalized spacial score (nSPS) is 27.2. The van der Waals surface area contributed by atoms with Crippen LogP contribution in [0.5, 0.6) is 0 Å². The number of hydrogen-bond acceptors (Lipinski definition) is 4. The molecular formula is C11H22O4S. The average Bonchev–Trinajstić information content (AvgIpc) is 2.26. The van der Waals surface area contributed by atoms with Gasteiger partial charge in [0.1, 0.15) is 5.75 Å². The van der Waals surface area contributed by atoms with Crippen molar-refractivity contribution in [1.82, 2.24) is 0 Å². The van der Waals surface area contributed by atoms with E-state index in [1.807, 2.05) is 0 Å². The Morgan fingerprint density at radius 2 is 1.88 bits per heavy atom. The van der Waals surface area contributed by atoms with Crippen LogP contribution in [0.25, 0.3) is 0 Å². The van der Waals surface area contributed by atoms with E-state index in [0.29, 0.717) is 5.92 Å². The van der Waals surface area contributed by atoms with E-state index in [1.54, 1.807) is 0 Å². The largest absolute Gasteiger partial charge is 0.355 e. The number of hydrogen-bond donors (Lipinski definition) is 0. The highest BCUT2D eigenvalue weighted by Crippen LogP contribution is 2.29. The van der Waals surface area contributed by atoms with Crippen molar-refractivity contribution in [2.75, 3.05) is 20.0 Å². The summed E-state index contributed by atoms with van der Waals surface area (Å²) in [5.74, 6) is 0.481. The zero-order valence-corrected chi connectivity index (χ0v) is 11.1.